The molecule has 2 unspecified atom stereocenters. The maximum atomic E-state index is 6.06. The molecule has 0 amide bonds. The van der Waals surface area contributed by atoms with Crippen molar-refractivity contribution in [3.63, 3.8) is 0 Å². The van der Waals surface area contributed by atoms with Crippen LogP contribution in [0.3, 0.4) is 0 Å². The van der Waals surface area contributed by atoms with Gasteiger partial charge in [-0.3, -0.25) is 0 Å². The Hall–Kier alpha value is -0.300. The summed E-state index contributed by atoms with van der Waals surface area (Å²) in [7, 11) is 0. The lowest BCUT2D eigenvalue weighted by atomic mass is 10.00. The van der Waals surface area contributed by atoms with Crippen LogP contribution in [-0.4, -0.2) is 6.04 Å². The summed E-state index contributed by atoms with van der Waals surface area (Å²) in [6.07, 6.45) is 6.78. The maximum Gasteiger partial charge on any atom is 0.00725 e. The number of hydrogen-bond acceptors (Lipinski definition) is 1. The van der Waals surface area contributed by atoms with Crippen LogP contribution in [0.4, 0.5) is 0 Å². The van der Waals surface area contributed by atoms with Crippen molar-refractivity contribution in [3.8, 4) is 0 Å². The summed E-state index contributed by atoms with van der Waals surface area (Å²) in [5, 5.41) is 0. The molecule has 1 heteroatoms. The molecular formula is C11H21N. The van der Waals surface area contributed by atoms with Gasteiger partial charge in [0.25, 0.3) is 0 Å². The van der Waals surface area contributed by atoms with E-state index in [1.807, 2.05) is 6.08 Å². The first-order valence-electron chi connectivity index (χ1n) is 4.94. The van der Waals surface area contributed by atoms with Gasteiger partial charge < -0.3 is 5.73 Å². The smallest absolute Gasteiger partial charge is 0.00725 e. The Labute approximate surface area is 76.0 Å². The monoisotopic (exact) mass is 167 g/mol. The van der Waals surface area contributed by atoms with E-state index >= 15 is 0 Å². The van der Waals surface area contributed by atoms with Gasteiger partial charge in [0.2, 0.25) is 0 Å². The van der Waals surface area contributed by atoms with Crippen LogP contribution >= 0.6 is 0 Å². The summed E-state index contributed by atoms with van der Waals surface area (Å²) in [5.41, 5.74) is 6.60. The minimum Gasteiger partial charge on any atom is -0.327 e. The van der Waals surface area contributed by atoms with Gasteiger partial charge >= 0.3 is 0 Å². The van der Waals surface area contributed by atoms with Crippen LogP contribution in [0, 0.1) is 11.3 Å². The standard InChI is InChI=1S/C11H21N/c1-4-5-6-7-10(12)9-8-11(9,2)3/h4,9-10H,1,5-8,12H2,2-3H3. The Kier molecular flexibility index (Phi) is 2.94. The lowest BCUT2D eigenvalue weighted by Gasteiger charge is -2.12. The average molecular weight is 167 g/mol. The van der Waals surface area contributed by atoms with Crippen LogP contribution in [-0.2, 0) is 0 Å². The summed E-state index contributed by atoms with van der Waals surface area (Å²) >= 11 is 0. The third-order valence-corrected chi connectivity index (χ3v) is 3.05. The minimum absolute atomic E-state index is 0.431. The first-order chi connectivity index (χ1) is 5.58. The molecule has 0 heterocycles. The van der Waals surface area contributed by atoms with E-state index in [-0.39, 0.29) is 0 Å². The van der Waals surface area contributed by atoms with Crippen molar-refractivity contribution in [3.05, 3.63) is 12.7 Å². The zero-order valence-electron chi connectivity index (χ0n) is 8.34. The van der Waals surface area contributed by atoms with E-state index in [2.05, 4.69) is 20.4 Å². The van der Waals surface area contributed by atoms with E-state index < -0.39 is 0 Å². The Morgan fingerprint density at radius 1 is 1.67 bits per heavy atom. The predicted molar refractivity (Wildman–Crippen MR) is 53.9 cm³/mol. The lowest BCUT2D eigenvalue weighted by molar-refractivity contribution is 0.449. The van der Waals surface area contributed by atoms with Crippen LogP contribution in [0.2, 0.25) is 0 Å². The molecular weight excluding hydrogens is 146 g/mol. The van der Waals surface area contributed by atoms with Gasteiger partial charge in [-0.2, -0.15) is 0 Å². The summed E-state index contributed by atoms with van der Waals surface area (Å²) in [6, 6.07) is 0.431. The lowest BCUT2D eigenvalue weighted by Crippen LogP contribution is -2.24. The van der Waals surface area contributed by atoms with Gasteiger partial charge in [0, 0.05) is 6.04 Å². The fraction of sp³-hybridized carbons (Fsp3) is 0.818. The molecule has 12 heavy (non-hydrogen) atoms. The fourth-order valence-electron chi connectivity index (χ4n) is 1.94. The molecule has 1 rings (SSSR count). The highest BCUT2D eigenvalue weighted by Gasteiger charge is 2.48. The van der Waals surface area contributed by atoms with Gasteiger partial charge in [0.05, 0.1) is 0 Å². The quantitative estimate of drug-likeness (QED) is 0.494. The number of nitrogens with two attached hydrogens (primary N) is 1. The van der Waals surface area contributed by atoms with E-state index in [9.17, 15) is 0 Å². The molecule has 2 N–H and O–H groups in total. The van der Waals surface area contributed by atoms with Crippen molar-refractivity contribution in [2.45, 2.75) is 45.6 Å². The van der Waals surface area contributed by atoms with Gasteiger partial charge in [0.1, 0.15) is 0 Å². The second-order valence-corrected chi connectivity index (χ2v) is 4.68. The van der Waals surface area contributed by atoms with Gasteiger partial charge in [-0.1, -0.05) is 19.9 Å². The van der Waals surface area contributed by atoms with Gasteiger partial charge in [0.15, 0.2) is 0 Å². The molecule has 1 fully saturated rings. The topological polar surface area (TPSA) is 26.0 Å². The van der Waals surface area contributed by atoms with Gasteiger partial charge in [-0.15, -0.1) is 6.58 Å². The highest BCUT2D eigenvalue weighted by atomic mass is 14.7. The molecule has 2 atom stereocenters. The highest BCUT2D eigenvalue weighted by molar-refractivity contribution is 5.00. The predicted octanol–water partition coefficient (Wildman–Crippen LogP) is 2.72. The molecule has 0 aromatic carbocycles. The molecule has 0 aromatic heterocycles. The first kappa shape index (κ1) is 9.79. The summed E-state index contributed by atoms with van der Waals surface area (Å²) < 4.78 is 0. The Balaban J connectivity index is 2.13. The summed E-state index contributed by atoms with van der Waals surface area (Å²) in [5.74, 6) is 0.780. The molecule has 1 saturated carbocycles. The van der Waals surface area contributed by atoms with E-state index in [4.69, 9.17) is 5.73 Å². The zero-order chi connectivity index (χ0) is 9.19. The van der Waals surface area contributed by atoms with Crippen molar-refractivity contribution in [2.24, 2.45) is 17.1 Å². The number of allylic oxidation sites excluding steroid dienone is 1. The maximum absolute atomic E-state index is 6.06. The third-order valence-electron chi connectivity index (χ3n) is 3.05. The van der Waals surface area contributed by atoms with Crippen molar-refractivity contribution in [1.29, 1.82) is 0 Å². The first-order valence-corrected chi connectivity index (χ1v) is 4.94. The van der Waals surface area contributed by atoms with E-state index in [1.54, 1.807) is 0 Å². The van der Waals surface area contributed by atoms with Crippen LogP contribution in [0.25, 0.3) is 0 Å². The number of unbranched alkanes of at least 4 members (excludes halogenated alkanes) is 1. The third kappa shape index (κ3) is 2.34. The van der Waals surface area contributed by atoms with Crippen LogP contribution in [0.15, 0.2) is 12.7 Å². The normalized spacial score (nSPS) is 28.1. The second-order valence-electron chi connectivity index (χ2n) is 4.68. The van der Waals surface area contributed by atoms with E-state index in [0.29, 0.717) is 11.5 Å². The average Bonchev–Trinajstić information content (AvgIpc) is 2.60. The van der Waals surface area contributed by atoms with Crippen molar-refractivity contribution in [1.82, 2.24) is 0 Å². The fourth-order valence-corrected chi connectivity index (χ4v) is 1.94. The molecule has 1 aliphatic carbocycles. The molecule has 1 aliphatic rings. The Morgan fingerprint density at radius 2 is 2.25 bits per heavy atom. The van der Waals surface area contributed by atoms with Crippen molar-refractivity contribution >= 4 is 0 Å². The Bertz CT molecular complexity index is 160. The number of hydrogen-bond donors (Lipinski definition) is 1. The summed E-state index contributed by atoms with van der Waals surface area (Å²) in [4.78, 5) is 0. The van der Waals surface area contributed by atoms with Gasteiger partial charge in [-0.05, 0) is 37.0 Å². The summed E-state index contributed by atoms with van der Waals surface area (Å²) in [6.45, 7) is 8.33. The molecule has 0 aliphatic heterocycles. The van der Waals surface area contributed by atoms with Gasteiger partial charge in [-0.25, -0.2) is 0 Å². The van der Waals surface area contributed by atoms with E-state index in [0.717, 1.165) is 12.3 Å². The van der Waals surface area contributed by atoms with Crippen LogP contribution in [0.1, 0.15) is 39.5 Å². The SMILES string of the molecule is C=CCCCC(N)C1CC1(C)C. The second kappa shape index (κ2) is 3.61. The molecule has 0 saturated heterocycles. The molecule has 1 nitrogen and oxygen atoms in total. The van der Waals surface area contributed by atoms with Crippen LogP contribution < -0.4 is 5.73 Å². The van der Waals surface area contributed by atoms with Crippen molar-refractivity contribution < 1.29 is 0 Å². The number of rotatable bonds is 5. The molecule has 0 bridgehead atoms. The Morgan fingerprint density at radius 3 is 2.67 bits per heavy atom. The van der Waals surface area contributed by atoms with Crippen LogP contribution in [0.5, 0.6) is 0 Å². The van der Waals surface area contributed by atoms with Crippen molar-refractivity contribution in [2.75, 3.05) is 0 Å². The molecule has 0 aromatic rings. The molecule has 0 spiro atoms. The zero-order valence-corrected chi connectivity index (χ0v) is 8.34. The largest absolute Gasteiger partial charge is 0.327 e. The van der Waals surface area contributed by atoms with E-state index in [1.165, 1.54) is 19.3 Å². The molecule has 0 radical (unpaired) electrons. The molecule has 70 valence electrons. The minimum atomic E-state index is 0.431. The highest BCUT2D eigenvalue weighted by Crippen LogP contribution is 2.53.